The van der Waals surface area contributed by atoms with Crippen LogP contribution in [0.5, 0.6) is 0 Å². The van der Waals surface area contributed by atoms with Crippen LogP contribution in [0.25, 0.3) is 0 Å². The van der Waals surface area contributed by atoms with E-state index in [1.807, 2.05) is 6.92 Å². The van der Waals surface area contributed by atoms with E-state index in [1.165, 1.54) is 0 Å². The van der Waals surface area contributed by atoms with E-state index in [2.05, 4.69) is 26.1 Å². The molecule has 2 amide bonds. The summed E-state index contributed by atoms with van der Waals surface area (Å²) in [7, 11) is 0. The fraction of sp³-hybridized carbons (Fsp3) is 0.867. The Morgan fingerprint density at radius 2 is 2.00 bits per heavy atom. The van der Waals surface area contributed by atoms with E-state index < -0.39 is 0 Å². The number of ether oxygens (including phenoxy) is 1. The van der Waals surface area contributed by atoms with Gasteiger partial charge in [0.2, 0.25) is 5.91 Å². The van der Waals surface area contributed by atoms with Gasteiger partial charge >= 0.3 is 6.09 Å². The van der Waals surface area contributed by atoms with Crippen LogP contribution in [0.1, 0.15) is 47.0 Å². The van der Waals surface area contributed by atoms with Gasteiger partial charge in [-0.1, -0.05) is 20.8 Å². The smallest absolute Gasteiger partial charge is 0.409 e. The van der Waals surface area contributed by atoms with Gasteiger partial charge in [0.25, 0.3) is 0 Å². The maximum Gasteiger partial charge on any atom is 0.409 e. The van der Waals surface area contributed by atoms with E-state index in [4.69, 9.17) is 4.74 Å². The van der Waals surface area contributed by atoms with Crippen molar-refractivity contribution in [2.75, 3.05) is 19.7 Å². The zero-order valence-corrected chi connectivity index (χ0v) is 13.0. The Morgan fingerprint density at radius 3 is 2.50 bits per heavy atom. The zero-order chi connectivity index (χ0) is 15.0. The van der Waals surface area contributed by atoms with E-state index in [-0.39, 0.29) is 28.9 Å². The van der Waals surface area contributed by atoms with Crippen molar-refractivity contribution >= 4 is 12.0 Å². The quantitative estimate of drug-likeness (QED) is 0.802. The second-order valence-corrected chi connectivity index (χ2v) is 7.09. The first-order valence-electron chi connectivity index (χ1n) is 7.49. The summed E-state index contributed by atoms with van der Waals surface area (Å²) in [6.45, 7) is 10.1. The third-order valence-electron chi connectivity index (χ3n) is 4.58. The van der Waals surface area contributed by atoms with Crippen LogP contribution in [0.3, 0.4) is 0 Å². The van der Waals surface area contributed by atoms with Gasteiger partial charge in [-0.3, -0.25) is 4.79 Å². The van der Waals surface area contributed by atoms with Gasteiger partial charge in [0.15, 0.2) is 0 Å². The van der Waals surface area contributed by atoms with Crippen LogP contribution >= 0.6 is 0 Å². The summed E-state index contributed by atoms with van der Waals surface area (Å²) in [6, 6.07) is 0.187. The highest BCUT2D eigenvalue weighted by molar-refractivity contribution is 5.80. The third-order valence-corrected chi connectivity index (χ3v) is 4.58. The summed E-state index contributed by atoms with van der Waals surface area (Å²) in [5.41, 5.74) is 0.0383. The SMILES string of the molecule is CCOC(=O)N1CCC2(CC1)CC(=O)NC2C(C)(C)C. The van der Waals surface area contributed by atoms with Crippen LogP contribution in [-0.2, 0) is 9.53 Å². The van der Waals surface area contributed by atoms with Gasteiger partial charge in [-0.25, -0.2) is 4.79 Å². The second-order valence-electron chi connectivity index (χ2n) is 7.09. The Morgan fingerprint density at radius 1 is 1.40 bits per heavy atom. The summed E-state index contributed by atoms with van der Waals surface area (Å²) in [5.74, 6) is 0.148. The van der Waals surface area contributed by atoms with Crippen LogP contribution in [0.4, 0.5) is 4.79 Å². The Hall–Kier alpha value is -1.26. The predicted octanol–water partition coefficient (Wildman–Crippen LogP) is 2.16. The third kappa shape index (κ3) is 2.76. The predicted molar refractivity (Wildman–Crippen MR) is 76.3 cm³/mol. The topological polar surface area (TPSA) is 58.6 Å². The minimum absolute atomic E-state index is 0.00166. The molecule has 2 aliphatic heterocycles. The molecule has 1 spiro atoms. The number of hydrogen-bond donors (Lipinski definition) is 1. The van der Waals surface area contributed by atoms with Crippen molar-refractivity contribution in [1.82, 2.24) is 10.2 Å². The van der Waals surface area contributed by atoms with Gasteiger partial charge in [0.1, 0.15) is 0 Å². The molecule has 5 nitrogen and oxygen atoms in total. The summed E-state index contributed by atoms with van der Waals surface area (Å²) in [5, 5.41) is 3.15. The summed E-state index contributed by atoms with van der Waals surface area (Å²) in [4.78, 5) is 25.4. The first-order chi connectivity index (χ1) is 9.28. The number of amides is 2. The molecule has 0 radical (unpaired) electrons. The highest BCUT2D eigenvalue weighted by Crippen LogP contribution is 2.47. The Bertz CT molecular complexity index is 392. The van der Waals surface area contributed by atoms with Crippen molar-refractivity contribution in [3.63, 3.8) is 0 Å². The maximum absolute atomic E-state index is 11.9. The molecule has 2 heterocycles. The number of nitrogens with one attached hydrogen (secondary N) is 1. The molecular weight excluding hydrogens is 256 g/mol. The fourth-order valence-electron chi connectivity index (χ4n) is 3.74. The van der Waals surface area contributed by atoms with Crippen LogP contribution in [0, 0.1) is 10.8 Å². The number of nitrogens with zero attached hydrogens (tertiary/aromatic N) is 1. The first-order valence-corrected chi connectivity index (χ1v) is 7.49. The number of rotatable bonds is 1. The molecule has 2 fully saturated rings. The Labute approximate surface area is 121 Å². The van der Waals surface area contributed by atoms with Gasteiger partial charge in [-0.05, 0) is 25.2 Å². The maximum atomic E-state index is 11.9. The van der Waals surface area contributed by atoms with E-state index in [1.54, 1.807) is 4.90 Å². The molecule has 5 heteroatoms. The van der Waals surface area contributed by atoms with Crippen molar-refractivity contribution in [3.05, 3.63) is 0 Å². The molecule has 20 heavy (non-hydrogen) atoms. The standard InChI is InChI=1S/C15H26N2O3/c1-5-20-13(19)17-8-6-15(7-9-17)10-11(18)16-12(15)14(2,3)4/h12H,5-10H2,1-4H3,(H,16,18). The van der Waals surface area contributed by atoms with Gasteiger partial charge < -0.3 is 15.0 Å². The van der Waals surface area contributed by atoms with Crippen molar-refractivity contribution in [3.8, 4) is 0 Å². The van der Waals surface area contributed by atoms with E-state index in [0.29, 0.717) is 26.1 Å². The molecule has 0 bridgehead atoms. The average molecular weight is 282 g/mol. The minimum Gasteiger partial charge on any atom is -0.450 e. The van der Waals surface area contributed by atoms with Crippen LogP contribution in [-0.4, -0.2) is 42.6 Å². The van der Waals surface area contributed by atoms with Crippen molar-refractivity contribution in [2.45, 2.75) is 53.0 Å². The zero-order valence-electron chi connectivity index (χ0n) is 13.0. The van der Waals surface area contributed by atoms with Crippen molar-refractivity contribution < 1.29 is 14.3 Å². The Balaban J connectivity index is 2.07. The highest BCUT2D eigenvalue weighted by Gasteiger charge is 2.52. The van der Waals surface area contributed by atoms with Gasteiger partial charge in [-0.2, -0.15) is 0 Å². The second kappa shape index (κ2) is 5.26. The lowest BCUT2D eigenvalue weighted by Gasteiger charge is -2.46. The fourth-order valence-corrected chi connectivity index (χ4v) is 3.74. The molecule has 0 aromatic rings. The van der Waals surface area contributed by atoms with Gasteiger partial charge in [-0.15, -0.1) is 0 Å². The molecule has 0 aliphatic carbocycles. The van der Waals surface area contributed by atoms with Gasteiger partial charge in [0, 0.05) is 31.0 Å². The molecule has 2 saturated heterocycles. The first kappa shape index (κ1) is 15.1. The van der Waals surface area contributed by atoms with Gasteiger partial charge in [0.05, 0.1) is 6.61 Å². The lowest BCUT2D eigenvalue weighted by Crippen LogP contribution is -2.52. The highest BCUT2D eigenvalue weighted by atomic mass is 16.6. The molecule has 0 aromatic carbocycles. The molecule has 1 unspecified atom stereocenters. The molecule has 1 N–H and O–H groups in total. The normalized spacial score (nSPS) is 25.7. The average Bonchev–Trinajstić information content (AvgIpc) is 2.67. The molecule has 2 aliphatic rings. The number of carbonyl (C=O) groups excluding carboxylic acids is 2. The summed E-state index contributed by atoms with van der Waals surface area (Å²) in [6.07, 6.45) is 2.09. The number of carbonyl (C=O) groups is 2. The van der Waals surface area contributed by atoms with E-state index in [9.17, 15) is 9.59 Å². The van der Waals surface area contributed by atoms with E-state index in [0.717, 1.165) is 12.8 Å². The molecule has 2 rings (SSSR count). The van der Waals surface area contributed by atoms with E-state index >= 15 is 0 Å². The van der Waals surface area contributed by atoms with Crippen LogP contribution in [0.15, 0.2) is 0 Å². The molecule has 0 saturated carbocycles. The number of likely N-dealkylation sites (tertiary alicyclic amines) is 1. The number of hydrogen-bond acceptors (Lipinski definition) is 3. The van der Waals surface area contributed by atoms with Crippen LogP contribution < -0.4 is 5.32 Å². The molecule has 0 aromatic heterocycles. The lowest BCUT2D eigenvalue weighted by molar-refractivity contribution is -0.120. The number of piperidine rings is 1. The minimum atomic E-state index is -0.230. The molecule has 1 atom stereocenters. The molecule has 114 valence electrons. The van der Waals surface area contributed by atoms with Crippen molar-refractivity contribution in [2.24, 2.45) is 10.8 Å². The Kier molecular flexibility index (Phi) is 3.98. The monoisotopic (exact) mass is 282 g/mol. The van der Waals surface area contributed by atoms with Crippen molar-refractivity contribution in [1.29, 1.82) is 0 Å². The largest absolute Gasteiger partial charge is 0.450 e. The lowest BCUT2D eigenvalue weighted by atomic mass is 9.65. The van der Waals surface area contributed by atoms with Crippen LogP contribution in [0.2, 0.25) is 0 Å². The summed E-state index contributed by atoms with van der Waals surface area (Å²) < 4.78 is 5.05. The summed E-state index contributed by atoms with van der Waals surface area (Å²) >= 11 is 0. The molecular formula is C15H26N2O3.